The molecular formula is C20H33N4Y-. The summed E-state index contributed by atoms with van der Waals surface area (Å²) in [5, 5.41) is 3.34. The standard InChI is InChI=1S/C17H26N4.C3H7.Y/c1-12(2)10-21-11-20-16(17(3,4)19-5)15(21)13-8-6-7-9-14(13)18;1-3-2;/h6-9,11-12,19H,10,18H2,1-5H3;3H,1-2H3;/q;-1;. The van der Waals surface area contributed by atoms with E-state index in [2.05, 4.69) is 48.6 Å². The first kappa shape index (κ1) is 24.3. The third kappa shape index (κ3) is 6.51. The maximum absolute atomic E-state index is 6.20. The maximum Gasteiger partial charge on any atom is 0.0955 e. The predicted octanol–water partition coefficient (Wildman–Crippen LogP) is 4.47. The van der Waals surface area contributed by atoms with Crippen molar-refractivity contribution in [1.82, 2.24) is 14.9 Å². The zero-order valence-electron chi connectivity index (χ0n) is 16.8. The maximum atomic E-state index is 6.20. The van der Waals surface area contributed by atoms with Gasteiger partial charge in [-0.05, 0) is 32.9 Å². The molecule has 0 saturated heterocycles. The summed E-state index contributed by atoms with van der Waals surface area (Å²) in [5.41, 5.74) is 9.98. The second-order valence-electron chi connectivity index (χ2n) is 7.03. The quantitative estimate of drug-likeness (QED) is 0.557. The van der Waals surface area contributed by atoms with Gasteiger partial charge in [-0.2, -0.15) is 13.8 Å². The van der Waals surface area contributed by atoms with Gasteiger partial charge in [0.25, 0.3) is 0 Å². The number of nitrogens with one attached hydrogen (secondary N) is 1. The Hall–Kier alpha value is -0.706. The van der Waals surface area contributed by atoms with Gasteiger partial charge < -0.3 is 22.0 Å². The van der Waals surface area contributed by atoms with Crippen LogP contribution in [0.1, 0.15) is 47.2 Å². The summed E-state index contributed by atoms with van der Waals surface area (Å²) in [6.07, 6.45) is 3.93. The van der Waals surface area contributed by atoms with E-state index < -0.39 is 0 Å². The Morgan fingerprint density at radius 2 is 1.80 bits per heavy atom. The van der Waals surface area contributed by atoms with Crippen LogP contribution in [0.3, 0.4) is 0 Å². The predicted molar refractivity (Wildman–Crippen MR) is 105 cm³/mol. The van der Waals surface area contributed by atoms with E-state index in [1.165, 1.54) is 0 Å². The van der Waals surface area contributed by atoms with Crippen LogP contribution in [0.2, 0.25) is 0 Å². The van der Waals surface area contributed by atoms with Crippen LogP contribution < -0.4 is 11.1 Å². The summed E-state index contributed by atoms with van der Waals surface area (Å²) >= 11 is 0. The van der Waals surface area contributed by atoms with Crippen molar-refractivity contribution in [3.8, 4) is 11.3 Å². The Morgan fingerprint density at radius 3 is 2.28 bits per heavy atom. The van der Waals surface area contributed by atoms with E-state index in [1.807, 2.05) is 51.8 Å². The zero-order chi connectivity index (χ0) is 18.3. The van der Waals surface area contributed by atoms with E-state index in [1.54, 1.807) is 0 Å². The number of aromatic nitrogens is 2. The first-order chi connectivity index (χ1) is 11.3. The van der Waals surface area contributed by atoms with Crippen molar-refractivity contribution >= 4 is 5.69 Å². The van der Waals surface area contributed by atoms with Crippen LogP contribution in [0.4, 0.5) is 5.69 Å². The molecule has 1 heterocycles. The van der Waals surface area contributed by atoms with Crippen LogP contribution in [0.15, 0.2) is 30.6 Å². The van der Waals surface area contributed by atoms with E-state index >= 15 is 0 Å². The van der Waals surface area contributed by atoms with Crippen LogP contribution in [0.5, 0.6) is 0 Å². The molecule has 1 radical (unpaired) electrons. The van der Waals surface area contributed by atoms with Gasteiger partial charge in [0, 0.05) is 50.5 Å². The van der Waals surface area contributed by atoms with Gasteiger partial charge in [-0.3, -0.25) is 0 Å². The molecule has 2 rings (SSSR count). The van der Waals surface area contributed by atoms with Crippen molar-refractivity contribution in [3.63, 3.8) is 0 Å². The number of para-hydroxylation sites is 1. The van der Waals surface area contributed by atoms with Crippen LogP contribution in [0.25, 0.3) is 11.3 Å². The number of nitrogens with two attached hydrogens (primary N) is 1. The van der Waals surface area contributed by atoms with Gasteiger partial charge in [0.15, 0.2) is 0 Å². The SMILES string of the molecule is CNC(C)(C)c1ncn(CC(C)C)c1-c1ccccc1N.C[CH-]C.[Y]. The second kappa shape index (κ2) is 11.1. The topological polar surface area (TPSA) is 55.9 Å². The molecule has 4 nitrogen and oxygen atoms in total. The first-order valence-electron chi connectivity index (χ1n) is 8.61. The number of imidazole rings is 1. The fourth-order valence-electron chi connectivity index (χ4n) is 2.48. The van der Waals surface area contributed by atoms with Crippen LogP contribution in [0, 0.1) is 12.3 Å². The largest absolute Gasteiger partial charge is 0.398 e. The van der Waals surface area contributed by atoms with E-state index in [-0.39, 0.29) is 38.2 Å². The number of hydrogen-bond donors (Lipinski definition) is 2. The van der Waals surface area contributed by atoms with Gasteiger partial charge in [-0.15, -0.1) is 0 Å². The number of anilines is 1. The first-order valence-corrected chi connectivity index (χ1v) is 8.61. The Labute approximate surface area is 178 Å². The molecule has 0 amide bonds. The Kier molecular flexibility index (Phi) is 10.8. The summed E-state index contributed by atoms with van der Waals surface area (Å²) in [5.74, 6) is 0.549. The molecule has 0 aliphatic carbocycles. The average molecular weight is 418 g/mol. The van der Waals surface area contributed by atoms with Crippen molar-refractivity contribution in [2.75, 3.05) is 12.8 Å². The Balaban J connectivity index is 0.00000134. The van der Waals surface area contributed by atoms with Crippen molar-refractivity contribution in [2.45, 2.75) is 53.6 Å². The molecule has 0 unspecified atom stereocenters. The third-order valence-corrected chi connectivity index (χ3v) is 3.83. The minimum Gasteiger partial charge on any atom is -0.398 e. The summed E-state index contributed by atoms with van der Waals surface area (Å²) < 4.78 is 2.21. The molecule has 137 valence electrons. The third-order valence-electron chi connectivity index (χ3n) is 3.83. The molecule has 25 heavy (non-hydrogen) atoms. The fourth-order valence-corrected chi connectivity index (χ4v) is 2.48. The van der Waals surface area contributed by atoms with Gasteiger partial charge in [-0.1, -0.05) is 32.0 Å². The van der Waals surface area contributed by atoms with Crippen LogP contribution >= 0.6 is 0 Å². The van der Waals surface area contributed by atoms with Crippen LogP contribution in [-0.4, -0.2) is 16.6 Å². The van der Waals surface area contributed by atoms with E-state index in [0.717, 1.165) is 29.2 Å². The zero-order valence-corrected chi connectivity index (χ0v) is 19.6. The molecule has 0 aliphatic rings. The number of hydrogen-bond acceptors (Lipinski definition) is 3. The van der Waals surface area contributed by atoms with E-state index in [0.29, 0.717) is 5.92 Å². The molecule has 1 aromatic carbocycles. The molecule has 5 heteroatoms. The van der Waals surface area contributed by atoms with Gasteiger partial charge >= 0.3 is 0 Å². The molecule has 0 saturated carbocycles. The summed E-state index contributed by atoms with van der Waals surface area (Å²) in [6.45, 7) is 13.6. The fraction of sp³-hybridized carbons (Fsp3) is 0.500. The smallest absolute Gasteiger partial charge is 0.0955 e. The summed E-state index contributed by atoms with van der Waals surface area (Å²) in [7, 11) is 1.96. The van der Waals surface area contributed by atoms with E-state index in [9.17, 15) is 0 Å². The van der Waals surface area contributed by atoms with Crippen molar-refractivity contribution in [3.05, 3.63) is 42.7 Å². The molecule has 0 spiro atoms. The summed E-state index contributed by atoms with van der Waals surface area (Å²) in [4.78, 5) is 4.67. The van der Waals surface area contributed by atoms with Gasteiger partial charge in [-0.25, -0.2) is 4.98 Å². The van der Waals surface area contributed by atoms with Crippen molar-refractivity contribution in [1.29, 1.82) is 0 Å². The normalized spacial score (nSPS) is 10.9. The number of nitrogens with zero attached hydrogens (tertiary/aromatic N) is 2. The Bertz CT molecular complexity index is 632. The molecule has 1 aromatic heterocycles. The van der Waals surface area contributed by atoms with Crippen molar-refractivity contribution in [2.24, 2.45) is 5.92 Å². The monoisotopic (exact) mass is 418 g/mol. The second-order valence-corrected chi connectivity index (χ2v) is 7.03. The summed E-state index contributed by atoms with van der Waals surface area (Å²) in [6, 6.07) is 8.00. The van der Waals surface area contributed by atoms with Gasteiger partial charge in [0.2, 0.25) is 0 Å². The number of benzene rings is 1. The molecule has 0 atom stereocenters. The van der Waals surface area contributed by atoms with Gasteiger partial charge in [0.05, 0.1) is 23.3 Å². The minimum atomic E-state index is -0.208. The average Bonchev–Trinajstić information content (AvgIpc) is 2.92. The Morgan fingerprint density at radius 1 is 1.24 bits per heavy atom. The van der Waals surface area contributed by atoms with Gasteiger partial charge in [0.1, 0.15) is 0 Å². The molecule has 2 aromatic rings. The molecule has 0 fully saturated rings. The molecule has 3 N–H and O–H groups in total. The van der Waals surface area contributed by atoms with E-state index in [4.69, 9.17) is 5.73 Å². The van der Waals surface area contributed by atoms with Crippen molar-refractivity contribution < 1.29 is 32.7 Å². The molecule has 0 aliphatic heterocycles. The number of rotatable bonds is 5. The molecule has 0 bridgehead atoms. The van der Waals surface area contributed by atoms with Crippen LogP contribution in [-0.2, 0) is 44.8 Å². The molecular weight excluding hydrogens is 385 g/mol. The minimum absolute atomic E-state index is 0. The number of nitrogen functional groups attached to an aromatic ring is 1.